The smallest absolute Gasteiger partial charge is 0.340 e. The minimum absolute atomic E-state index is 0.475. The van der Waals surface area contributed by atoms with E-state index in [4.69, 9.17) is 5.11 Å². The van der Waals surface area contributed by atoms with Crippen LogP contribution in [0.2, 0.25) is 0 Å². The highest BCUT2D eigenvalue weighted by Crippen LogP contribution is 2.21. The molecular weight excluding hydrogens is 242 g/mol. The molecule has 0 atom stereocenters. The molecule has 17 heavy (non-hydrogen) atoms. The average Bonchev–Trinajstić information content (AvgIpc) is 2.18. The highest BCUT2D eigenvalue weighted by molar-refractivity contribution is 5.71. The highest BCUT2D eigenvalue weighted by Gasteiger charge is 2.23. The van der Waals surface area contributed by atoms with Crippen LogP contribution in [0.4, 0.5) is 14.6 Å². The Bertz CT molecular complexity index is 525. The summed E-state index contributed by atoms with van der Waals surface area (Å²) in [4.78, 5) is 32.5. The summed E-state index contributed by atoms with van der Waals surface area (Å²) in [6.45, 7) is 0. The quantitative estimate of drug-likeness (QED) is 0.605. The van der Waals surface area contributed by atoms with E-state index in [2.05, 4.69) is 0 Å². The van der Waals surface area contributed by atoms with E-state index in [1.165, 1.54) is 0 Å². The number of pyridine rings is 1. The zero-order valence-electron chi connectivity index (χ0n) is 8.15. The van der Waals surface area contributed by atoms with E-state index in [1.807, 2.05) is 0 Å². The third-order valence-corrected chi connectivity index (χ3v) is 1.89. The standard InChI is InChI=1S/C8H6F2N2O5/c9-6(10)4-1-3(2-5(13)14)7(12(16)17)11-8(4)15/h1,6H,2H2,(H,11,15)(H,13,14). The summed E-state index contributed by atoms with van der Waals surface area (Å²) < 4.78 is 24.7. The minimum atomic E-state index is -3.13. The van der Waals surface area contributed by atoms with Crippen LogP contribution in [0, 0.1) is 10.1 Å². The molecule has 0 saturated carbocycles. The normalized spacial score (nSPS) is 10.5. The number of rotatable bonds is 4. The summed E-state index contributed by atoms with van der Waals surface area (Å²) in [5, 5.41) is 19.0. The van der Waals surface area contributed by atoms with Gasteiger partial charge in [0.25, 0.3) is 6.43 Å². The second kappa shape index (κ2) is 4.68. The number of nitro groups is 1. The molecule has 0 saturated heterocycles. The van der Waals surface area contributed by atoms with Crippen molar-refractivity contribution in [3.63, 3.8) is 0 Å². The zero-order chi connectivity index (χ0) is 13.2. The van der Waals surface area contributed by atoms with E-state index >= 15 is 0 Å². The summed E-state index contributed by atoms with van der Waals surface area (Å²) in [5.74, 6) is -2.32. The molecule has 0 aliphatic carbocycles. The van der Waals surface area contributed by atoms with Gasteiger partial charge in [-0.3, -0.25) is 4.79 Å². The number of nitrogens with one attached hydrogen (secondary N) is 1. The van der Waals surface area contributed by atoms with E-state index in [0.717, 1.165) is 0 Å². The van der Waals surface area contributed by atoms with Crippen molar-refractivity contribution in [1.29, 1.82) is 0 Å². The van der Waals surface area contributed by atoms with E-state index < -0.39 is 46.2 Å². The second-order valence-corrected chi connectivity index (χ2v) is 3.06. The maximum atomic E-state index is 12.3. The van der Waals surface area contributed by atoms with Gasteiger partial charge in [0.05, 0.1) is 12.0 Å². The fraction of sp³-hybridized carbons (Fsp3) is 0.250. The monoisotopic (exact) mass is 248 g/mol. The molecule has 1 rings (SSSR count). The topological polar surface area (TPSA) is 113 Å². The van der Waals surface area contributed by atoms with Crippen molar-refractivity contribution >= 4 is 11.8 Å². The Labute approximate surface area is 91.8 Å². The predicted molar refractivity (Wildman–Crippen MR) is 50.0 cm³/mol. The van der Waals surface area contributed by atoms with E-state index in [0.29, 0.717) is 6.07 Å². The van der Waals surface area contributed by atoms with Crippen LogP contribution < -0.4 is 5.56 Å². The number of carboxylic acid groups (broad SMARTS) is 1. The van der Waals surface area contributed by atoms with Crippen molar-refractivity contribution < 1.29 is 23.6 Å². The zero-order valence-corrected chi connectivity index (χ0v) is 8.15. The molecule has 0 unspecified atom stereocenters. The Morgan fingerprint density at radius 3 is 2.59 bits per heavy atom. The maximum absolute atomic E-state index is 12.3. The molecule has 0 aliphatic heterocycles. The fourth-order valence-corrected chi connectivity index (χ4v) is 1.20. The number of aromatic nitrogens is 1. The van der Waals surface area contributed by atoms with Gasteiger partial charge in [0.15, 0.2) is 0 Å². The number of hydrogen-bond acceptors (Lipinski definition) is 4. The Kier molecular flexibility index (Phi) is 3.51. The van der Waals surface area contributed by atoms with E-state index in [1.54, 1.807) is 4.98 Å². The number of alkyl halides is 2. The lowest BCUT2D eigenvalue weighted by Gasteiger charge is -2.03. The first-order valence-corrected chi connectivity index (χ1v) is 4.23. The molecule has 1 aromatic rings. The van der Waals surface area contributed by atoms with Crippen LogP contribution in [0.5, 0.6) is 0 Å². The Morgan fingerprint density at radius 2 is 2.18 bits per heavy atom. The lowest BCUT2D eigenvalue weighted by atomic mass is 10.1. The summed E-state index contributed by atoms with van der Waals surface area (Å²) in [6.07, 6.45) is -3.96. The summed E-state index contributed by atoms with van der Waals surface area (Å²) >= 11 is 0. The lowest BCUT2D eigenvalue weighted by Crippen LogP contribution is -2.18. The van der Waals surface area contributed by atoms with Gasteiger partial charge in [0.1, 0.15) is 5.56 Å². The van der Waals surface area contributed by atoms with Gasteiger partial charge in [0.2, 0.25) is 0 Å². The molecule has 1 heterocycles. The molecule has 0 aliphatic rings. The van der Waals surface area contributed by atoms with Gasteiger partial charge >= 0.3 is 17.3 Å². The molecule has 92 valence electrons. The molecule has 0 fully saturated rings. The minimum Gasteiger partial charge on any atom is -0.481 e. The van der Waals surface area contributed by atoms with Crippen molar-refractivity contribution in [2.45, 2.75) is 12.8 Å². The molecule has 0 spiro atoms. The van der Waals surface area contributed by atoms with Crippen LogP contribution in [0.3, 0.4) is 0 Å². The number of carbonyl (C=O) groups is 1. The first-order valence-electron chi connectivity index (χ1n) is 4.23. The molecule has 1 aromatic heterocycles. The van der Waals surface area contributed by atoms with E-state index in [9.17, 15) is 28.5 Å². The average molecular weight is 248 g/mol. The first-order chi connectivity index (χ1) is 7.82. The van der Waals surface area contributed by atoms with Gasteiger partial charge in [-0.05, 0) is 11.0 Å². The van der Waals surface area contributed by atoms with Gasteiger partial charge in [0, 0.05) is 0 Å². The van der Waals surface area contributed by atoms with Gasteiger partial charge in [-0.25, -0.2) is 18.6 Å². The molecule has 0 amide bonds. The number of halogens is 2. The van der Waals surface area contributed by atoms with Gasteiger partial charge < -0.3 is 15.2 Å². The van der Waals surface area contributed by atoms with Crippen LogP contribution in [0.15, 0.2) is 10.9 Å². The van der Waals surface area contributed by atoms with Gasteiger partial charge in [-0.1, -0.05) is 0 Å². The Morgan fingerprint density at radius 1 is 1.59 bits per heavy atom. The second-order valence-electron chi connectivity index (χ2n) is 3.06. The number of aliphatic carboxylic acids is 1. The number of hydrogen-bond donors (Lipinski definition) is 2. The van der Waals surface area contributed by atoms with E-state index in [-0.39, 0.29) is 0 Å². The van der Waals surface area contributed by atoms with Gasteiger partial charge in [-0.2, -0.15) is 0 Å². The van der Waals surface area contributed by atoms with Crippen molar-refractivity contribution in [2.24, 2.45) is 0 Å². The fourth-order valence-electron chi connectivity index (χ4n) is 1.20. The summed E-state index contributed by atoms with van der Waals surface area (Å²) in [6, 6.07) is 0.537. The Hall–Kier alpha value is -2.32. The van der Waals surface area contributed by atoms with Crippen molar-refractivity contribution in [2.75, 3.05) is 0 Å². The largest absolute Gasteiger partial charge is 0.481 e. The number of carboxylic acids is 1. The highest BCUT2D eigenvalue weighted by atomic mass is 19.3. The lowest BCUT2D eigenvalue weighted by molar-refractivity contribution is -0.390. The molecule has 2 N–H and O–H groups in total. The number of nitrogens with zero attached hydrogens (tertiary/aromatic N) is 1. The number of aromatic amines is 1. The third kappa shape index (κ3) is 2.83. The van der Waals surface area contributed by atoms with Crippen LogP contribution in [0.1, 0.15) is 17.6 Å². The molecule has 0 radical (unpaired) electrons. The first kappa shape index (κ1) is 12.7. The van der Waals surface area contributed by atoms with Crippen LogP contribution >= 0.6 is 0 Å². The number of H-pyrrole nitrogens is 1. The SMILES string of the molecule is O=C(O)Cc1cc(C(F)F)c(=O)[nH]c1[N+](=O)[O-]. The maximum Gasteiger partial charge on any atom is 0.340 e. The molecule has 7 nitrogen and oxygen atoms in total. The van der Waals surface area contributed by atoms with Crippen molar-refractivity contribution in [3.05, 3.63) is 37.7 Å². The Balaban J connectivity index is 3.42. The predicted octanol–water partition coefficient (Wildman–Crippen LogP) is 0.848. The van der Waals surface area contributed by atoms with Crippen LogP contribution in [-0.2, 0) is 11.2 Å². The molecular formula is C8H6F2N2O5. The van der Waals surface area contributed by atoms with Crippen LogP contribution in [0.25, 0.3) is 0 Å². The van der Waals surface area contributed by atoms with Crippen LogP contribution in [-0.4, -0.2) is 21.0 Å². The third-order valence-electron chi connectivity index (χ3n) is 1.89. The van der Waals surface area contributed by atoms with Gasteiger partial charge in [-0.15, -0.1) is 0 Å². The summed E-state index contributed by atoms with van der Waals surface area (Å²) in [7, 11) is 0. The molecule has 9 heteroatoms. The van der Waals surface area contributed by atoms with Crippen molar-refractivity contribution in [3.8, 4) is 0 Å². The summed E-state index contributed by atoms with van der Waals surface area (Å²) in [5.41, 5.74) is -2.77. The molecule has 0 bridgehead atoms. The van der Waals surface area contributed by atoms with Crippen molar-refractivity contribution in [1.82, 2.24) is 4.98 Å². The molecule has 0 aromatic carbocycles.